The predicted octanol–water partition coefficient (Wildman–Crippen LogP) is 5.99. The molecule has 0 saturated carbocycles. The molecule has 2 aromatic carbocycles. The minimum absolute atomic E-state index is 0.226. The highest BCUT2D eigenvalue weighted by Gasteiger charge is 2.13. The van der Waals surface area contributed by atoms with Gasteiger partial charge in [0, 0.05) is 11.6 Å². The molecular weight excluding hydrogens is 288 g/mol. The van der Waals surface area contributed by atoms with Crippen LogP contribution in [0.25, 0.3) is 11.3 Å². The maximum absolute atomic E-state index is 9.95. The van der Waals surface area contributed by atoms with Gasteiger partial charge in [-0.05, 0) is 44.0 Å². The number of furan rings is 1. The number of hydrogen-bond donors (Lipinski definition) is 1. The average Bonchev–Trinajstić information content (AvgIpc) is 2.86. The van der Waals surface area contributed by atoms with Crippen LogP contribution in [-0.4, -0.2) is 5.11 Å². The zero-order chi connectivity index (χ0) is 16.4. The van der Waals surface area contributed by atoms with Crippen molar-refractivity contribution in [3.8, 4) is 17.3 Å². The molecular formula is C19H18N2O2. The van der Waals surface area contributed by atoms with E-state index in [1.807, 2.05) is 57.2 Å². The van der Waals surface area contributed by atoms with Gasteiger partial charge in [-0.15, -0.1) is 5.11 Å². The summed E-state index contributed by atoms with van der Waals surface area (Å²) in [5.74, 6) is 0.356. The van der Waals surface area contributed by atoms with Gasteiger partial charge in [0.25, 0.3) is 0 Å². The van der Waals surface area contributed by atoms with Crippen LogP contribution in [0.1, 0.15) is 16.7 Å². The summed E-state index contributed by atoms with van der Waals surface area (Å²) in [4.78, 5) is 0. The van der Waals surface area contributed by atoms with Crippen molar-refractivity contribution >= 4 is 11.4 Å². The quantitative estimate of drug-likeness (QED) is 0.604. The van der Waals surface area contributed by atoms with Crippen LogP contribution in [-0.2, 0) is 0 Å². The van der Waals surface area contributed by atoms with Crippen LogP contribution in [0.3, 0.4) is 0 Å². The smallest absolute Gasteiger partial charge is 0.311 e. The molecule has 0 aliphatic heterocycles. The SMILES string of the molecule is Cc1cccc(N=Nc2cc(-c3ccc(C)cc3C)oc2O)c1. The van der Waals surface area contributed by atoms with Crippen molar-refractivity contribution in [2.75, 3.05) is 0 Å². The van der Waals surface area contributed by atoms with Crippen molar-refractivity contribution in [3.05, 3.63) is 65.2 Å². The van der Waals surface area contributed by atoms with E-state index in [0.717, 1.165) is 22.4 Å². The van der Waals surface area contributed by atoms with E-state index in [1.54, 1.807) is 6.07 Å². The summed E-state index contributed by atoms with van der Waals surface area (Å²) >= 11 is 0. The number of benzene rings is 2. The van der Waals surface area contributed by atoms with E-state index >= 15 is 0 Å². The van der Waals surface area contributed by atoms with Gasteiger partial charge in [-0.3, -0.25) is 0 Å². The summed E-state index contributed by atoms with van der Waals surface area (Å²) in [6.45, 7) is 6.04. The third-order valence-corrected chi connectivity index (χ3v) is 3.62. The second kappa shape index (κ2) is 6.08. The number of aryl methyl sites for hydroxylation is 3. The summed E-state index contributed by atoms with van der Waals surface area (Å²) in [6, 6.07) is 15.5. The first kappa shape index (κ1) is 15.0. The minimum atomic E-state index is -0.226. The first-order valence-corrected chi connectivity index (χ1v) is 7.42. The van der Waals surface area contributed by atoms with Gasteiger partial charge in [-0.25, -0.2) is 0 Å². The van der Waals surface area contributed by atoms with Crippen molar-refractivity contribution in [3.63, 3.8) is 0 Å². The number of azo groups is 1. The van der Waals surface area contributed by atoms with E-state index in [-0.39, 0.29) is 5.95 Å². The lowest BCUT2D eigenvalue weighted by Gasteiger charge is -2.02. The maximum Gasteiger partial charge on any atom is 0.311 e. The lowest BCUT2D eigenvalue weighted by molar-refractivity contribution is 0.339. The average molecular weight is 306 g/mol. The molecule has 0 atom stereocenters. The Bertz CT molecular complexity index is 879. The molecule has 0 saturated heterocycles. The predicted molar refractivity (Wildman–Crippen MR) is 90.6 cm³/mol. The molecule has 1 heterocycles. The summed E-state index contributed by atoms with van der Waals surface area (Å²) in [5, 5.41) is 18.2. The molecule has 0 amide bonds. The molecule has 1 N–H and O–H groups in total. The number of nitrogens with zero attached hydrogens (tertiary/aromatic N) is 2. The van der Waals surface area contributed by atoms with Gasteiger partial charge < -0.3 is 9.52 Å². The van der Waals surface area contributed by atoms with Crippen LogP contribution in [0.2, 0.25) is 0 Å². The molecule has 1 aromatic heterocycles. The highest BCUT2D eigenvalue weighted by Crippen LogP contribution is 2.38. The molecule has 4 nitrogen and oxygen atoms in total. The summed E-state index contributed by atoms with van der Waals surface area (Å²) in [5.41, 5.74) is 5.36. The van der Waals surface area contributed by atoms with E-state index < -0.39 is 0 Å². The lowest BCUT2D eigenvalue weighted by atomic mass is 10.0. The van der Waals surface area contributed by atoms with Crippen LogP contribution in [0.4, 0.5) is 11.4 Å². The van der Waals surface area contributed by atoms with Crippen LogP contribution >= 0.6 is 0 Å². The van der Waals surface area contributed by atoms with E-state index in [0.29, 0.717) is 11.4 Å². The second-order valence-electron chi connectivity index (χ2n) is 5.66. The summed E-state index contributed by atoms with van der Waals surface area (Å²) in [7, 11) is 0. The molecule has 4 heteroatoms. The monoisotopic (exact) mass is 306 g/mol. The minimum Gasteiger partial charge on any atom is -0.479 e. The molecule has 0 aliphatic carbocycles. The Hall–Kier alpha value is -2.88. The number of aromatic hydroxyl groups is 1. The van der Waals surface area contributed by atoms with E-state index in [9.17, 15) is 5.11 Å². The van der Waals surface area contributed by atoms with Crippen LogP contribution < -0.4 is 0 Å². The lowest BCUT2D eigenvalue weighted by Crippen LogP contribution is -1.82. The van der Waals surface area contributed by atoms with E-state index in [4.69, 9.17) is 4.42 Å². The first-order chi connectivity index (χ1) is 11.0. The van der Waals surface area contributed by atoms with Crippen molar-refractivity contribution in [2.24, 2.45) is 10.2 Å². The Balaban J connectivity index is 1.92. The maximum atomic E-state index is 9.95. The molecule has 3 rings (SSSR count). The Morgan fingerprint density at radius 1 is 0.870 bits per heavy atom. The largest absolute Gasteiger partial charge is 0.479 e. The number of hydrogen-bond acceptors (Lipinski definition) is 4. The Kier molecular flexibility index (Phi) is 3.98. The molecule has 23 heavy (non-hydrogen) atoms. The number of rotatable bonds is 3. The van der Waals surface area contributed by atoms with Crippen molar-refractivity contribution in [2.45, 2.75) is 20.8 Å². The summed E-state index contributed by atoms with van der Waals surface area (Å²) in [6.07, 6.45) is 0. The van der Waals surface area contributed by atoms with Gasteiger partial charge in [-0.2, -0.15) is 5.11 Å². The van der Waals surface area contributed by atoms with Gasteiger partial charge in [-0.1, -0.05) is 35.9 Å². The van der Waals surface area contributed by atoms with Gasteiger partial charge in [0.2, 0.25) is 0 Å². The first-order valence-electron chi connectivity index (χ1n) is 7.42. The molecule has 0 fully saturated rings. The fraction of sp³-hybridized carbons (Fsp3) is 0.158. The fourth-order valence-electron chi connectivity index (χ4n) is 2.47. The molecule has 0 aliphatic rings. The van der Waals surface area contributed by atoms with E-state index in [1.165, 1.54) is 5.56 Å². The van der Waals surface area contributed by atoms with Crippen molar-refractivity contribution in [1.29, 1.82) is 0 Å². The summed E-state index contributed by atoms with van der Waals surface area (Å²) < 4.78 is 5.44. The van der Waals surface area contributed by atoms with Crippen molar-refractivity contribution in [1.82, 2.24) is 0 Å². The van der Waals surface area contributed by atoms with Gasteiger partial charge >= 0.3 is 5.95 Å². The molecule has 3 aromatic rings. The third-order valence-electron chi connectivity index (χ3n) is 3.62. The van der Waals surface area contributed by atoms with Gasteiger partial charge in [0.1, 0.15) is 5.76 Å². The van der Waals surface area contributed by atoms with Crippen LogP contribution in [0.15, 0.2) is 63.2 Å². The standard InChI is InChI=1S/C19H18N2O2/c1-12-5-4-6-15(10-12)20-21-17-11-18(23-19(17)22)16-8-7-13(2)9-14(16)3/h4-11,22H,1-3H3. The highest BCUT2D eigenvalue weighted by atomic mass is 16.5. The van der Waals surface area contributed by atoms with E-state index in [2.05, 4.69) is 16.3 Å². The fourth-order valence-corrected chi connectivity index (χ4v) is 2.47. The van der Waals surface area contributed by atoms with Crippen LogP contribution in [0, 0.1) is 20.8 Å². The third kappa shape index (κ3) is 3.31. The molecule has 116 valence electrons. The Labute approximate surface area is 135 Å². The van der Waals surface area contributed by atoms with Crippen molar-refractivity contribution < 1.29 is 9.52 Å². The molecule has 0 bridgehead atoms. The second-order valence-corrected chi connectivity index (χ2v) is 5.66. The topological polar surface area (TPSA) is 58.1 Å². The Morgan fingerprint density at radius 3 is 2.39 bits per heavy atom. The normalized spacial score (nSPS) is 11.3. The highest BCUT2D eigenvalue weighted by molar-refractivity contribution is 5.68. The van der Waals surface area contributed by atoms with Crippen LogP contribution in [0.5, 0.6) is 5.95 Å². The van der Waals surface area contributed by atoms with Gasteiger partial charge in [0.15, 0.2) is 5.69 Å². The van der Waals surface area contributed by atoms with Gasteiger partial charge in [0.05, 0.1) is 5.69 Å². The Morgan fingerprint density at radius 2 is 1.65 bits per heavy atom. The zero-order valence-corrected chi connectivity index (χ0v) is 13.4. The molecule has 0 unspecified atom stereocenters. The zero-order valence-electron chi connectivity index (χ0n) is 13.4. The molecule has 0 radical (unpaired) electrons. The molecule has 0 spiro atoms.